The Labute approximate surface area is 180 Å². The number of nitrogens with one attached hydrogen (secondary N) is 1. The Morgan fingerprint density at radius 1 is 1.13 bits per heavy atom. The number of hydrogen-bond acceptors (Lipinski definition) is 6. The smallest absolute Gasteiger partial charge is 0.258 e. The monoisotopic (exact) mass is 416 g/mol. The summed E-state index contributed by atoms with van der Waals surface area (Å²) < 4.78 is 0. The third kappa shape index (κ3) is 4.37. The number of pyridine rings is 1. The van der Waals surface area contributed by atoms with Crippen LogP contribution in [0, 0.1) is 6.92 Å². The molecular weight excluding hydrogens is 392 g/mol. The van der Waals surface area contributed by atoms with E-state index in [9.17, 15) is 9.59 Å². The molecule has 1 aliphatic rings. The number of carbonyl (C=O) groups excluding carboxylic acids is 2. The second-order valence-electron chi connectivity index (χ2n) is 7.48. The zero-order chi connectivity index (χ0) is 21.8. The summed E-state index contributed by atoms with van der Waals surface area (Å²) in [6.45, 7) is 2.73. The highest BCUT2D eigenvalue weighted by molar-refractivity contribution is 5.99. The van der Waals surface area contributed by atoms with E-state index < -0.39 is 0 Å². The molecule has 1 atom stereocenters. The fraction of sp³-hybridized carbons (Fsp3) is 0.261. The van der Waals surface area contributed by atoms with Crippen LogP contribution in [0.1, 0.15) is 56.7 Å². The minimum Gasteiger partial charge on any atom is -0.383 e. The number of rotatable bonds is 5. The van der Waals surface area contributed by atoms with Crippen LogP contribution in [0.5, 0.6) is 0 Å². The van der Waals surface area contributed by atoms with E-state index in [2.05, 4.69) is 20.3 Å². The first-order chi connectivity index (χ1) is 15.0. The van der Waals surface area contributed by atoms with Crippen molar-refractivity contribution in [2.45, 2.75) is 32.4 Å². The molecule has 0 bridgehead atoms. The normalized spacial score (nSPS) is 15.6. The molecule has 0 radical (unpaired) electrons. The van der Waals surface area contributed by atoms with Crippen molar-refractivity contribution in [3.63, 3.8) is 0 Å². The quantitative estimate of drug-likeness (QED) is 0.661. The molecule has 1 aromatic carbocycles. The average molecular weight is 416 g/mol. The van der Waals surface area contributed by atoms with Gasteiger partial charge in [0.1, 0.15) is 11.6 Å². The summed E-state index contributed by atoms with van der Waals surface area (Å²) >= 11 is 0. The molecule has 3 aromatic rings. The number of carbonyl (C=O) groups is 2. The molecule has 1 fully saturated rings. The summed E-state index contributed by atoms with van der Waals surface area (Å²) in [6, 6.07) is 12.7. The maximum absolute atomic E-state index is 13.2. The molecule has 1 saturated heterocycles. The molecule has 8 heteroatoms. The fourth-order valence-corrected chi connectivity index (χ4v) is 3.84. The maximum atomic E-state index is 13.2. The van der Waals surface area contributed by atoms with E-state index in [1.54, 1.807) is 30.2 Å². The molecule has 1 aliphatic heterocycles. The Hall–Kier alpha value is -3.81. The van der Waals surface area contributed by atoms with Gasteiger partial charge >= 0.3 is 0 Å². The topological polar surface area (TPSA) is 114 Å². The Morgan fingerprint density at radius 2 is 1.94 bits per heavy atom. The van der Waals surface area contributed by atoms with Crippen molar-refractivity contribution in [3.05, 3.63) is 83.1 Å². The highest BCUT2D eigenvalue weighted by atomic mass is 16.2. The zero-order valence-corrected chi connectivity index (χ0v) is 17.3. The summed E-state index contributed by atoms with van der Waals surface area (Å²) in [5.41, 5.74) is 8.22. The first kappa shape index (κ1) is 20.5. The number of anilines is 1. The first-order valence-electron chi connectivity index (χ1n) is 10.2. The summed E-state index contributed by atoms with van der Waals surface area (Å²) in [5, 5.41) is 2.93. The van der Waals surface area contributed by atoms with Gasteiger partial charge in [0.25, 0.3) is 11.8 Å². The minimum absolute atomic E-state index is 0.192. The third-order valence-electron chi connectivity index (χ3n) is 5.38. The van der Waals surface area contributed by atoms with E-state index >= 15 is 0 Å². The van der Waals surface area contributed by atoms with Crippen molar-refractivity contribution in [1.29, 1.82) is 0 Å². The van der Waals surface area contributed by atoms with Gasteiger partial charge in [-0.2, -0.15) is 0 Å². The predicted molar refractivity (Wildman–Crippen MR) is 116 cm³/mol. The summed E-state index contributed by atoms with van der Waals surface area (Å²) in [5.74, 6) is 0.270. The lowest BCUT2D eigenvalue weighted by molar-refractivity contribution is 0.0729. The average Bonchev–Trinajstić information content (AvgIpc) is 3.28. The van der Waals surface area contributed by atoms with Crippen LogP contribution in [-0.2, 0) is 6.54 Å². The Balaban J connectivity index is 1.61. The molecule has 0 spiro atoms. The molecular formula is C23H24N6O2. The van der Waals surface area contributed by atoms with E-state index in [1.165, 1.54) is 6.20 Å². The van der Waals surface area contributed by atoms with Gasteiger partial charge in [0, 0.05) is 25.5 Å². The molecule has 8 nitrogen and oxygen atoms in total. The van der Waals surface area contributed by atoms with Gasteiger partial charge in [0.2, 0.25) is 0 Å². The van der Waals surface area contributed by atoms with Crippen LogP contribution in [0.15, 0.2) is 54.9 Å². The molecule has 3 heterocycles. The highest BCUT2D eigenvalue weighted by Gasteiger charge is 2.35. The standard InChI is InChI=1S/C23H24N6O2/c1-15-26-14-18(22(30)27-13-16-7-3-2-4-8-16)20(28-15)19-10-6-12-29(19)23(31)17-9-5-11-25-21(17)24/h2-5,7-9,11,14,19H,6,10,12-13H2,1H3,(H2,24,25)(H,27,30)/t19-/m1/s1. The Kier molecular flexibility index (Phi) is 5.88. The van der Waals surface area contributed by atoms with Crippen molar-refractivity contribution in [3.8, 4) is 0 Å². The minimum atomic E-state index is -0.328. The van der Waals surface area contributed by atoms with Crippen LogP contribution in [0.3, 0.4) is 0 Å². The number of nitrogen functional groups attached to an aromatic ring is 1. The molecule has 2 amide bonds. The van der Waals surface area contributed by atoms with Crippen LogP contribution in [0.25, 0.3) is 0 Å². The Bertz CT molecular complexity index is 1100. The number of benzene rings is 1. The predicted octanol–water partition coefficient (Wildman–Crippen LogP) is 2.67. The number of likely N-dealkylation sites (tertiary alicyclic amines) is 1. The molecule has 0 unspecified atom stereocenters. The molecule has 31 heavy (non-hydrogen) atoms. The lowest BCUT2D eigenvalue weighted by Crippen LogP contribution is -2.34. The van der Waals surface area contributed by atoms with Gasteiger partial charge in [-0.25, -0.2) is 15.0 Å². The zero-order valence-electron chi connectivity index (χ0n) is 17.3. The SMILES string of the molecule is Cc1ncc(C(=O)NCc2ccccc2)c([C@H]2CCCN2C(=O)c2cccnc2N)n1. The molecule has 0 saturated carbocycles. The van der Waals surface area contributed by atoms with Crippen molar-refractivity contribution >= 4 is 17.6 Å². The van der Waals surface area contributed by atoms with E-state index in [4.69, 9.17) is 5.73 Å². The van der Waals surface area contributed by atoms with Crippen molar-refractivity contribution < 1.29 is 9.59 Å². The van der Waals surface area contributed by atoms with Gasteiger partial charge in [-0.1, -0.05) is 30.3 Å². The van der Waals surface area contributed by atoms with E-state index in [0.717, 1.165) is 12.0 Å². The molecule has 3 N–H and O–H groups in total. The van der Waals surface area contributed by atoms with Gasteiger partial charge in [0.05, 0.1) is 22.9 Å². The van der Waals surface area contributed by atoms with Crippen LogP contribution in [0.2, 0.25) is 0 Å². The van der Waals surface area contributed by atoms with Crippen LogP contribution in [-0.4, -0.2) is 38.2 Å². The number of nitrogens with zero attached hydrogens (tertiary/aromatic N) is 4. The Morgan fingerprint density at radius 3 is 2.71 bits per heavy atom. The second kappa shape index (κ2) is 8.91. The van der Waals surface area contributed by atoms with Crippen molar-refractivity contribution in [1.82, 2.24) is 25.2 Å². The number of amides is 2. The number of aryl methyl sites for hydroxylation is 1. The summed E-state index contributed by atoms with van der Waals surface area (Å²) in [7, 11) is 0. The van der Waals surface area contributed by atoms with Crippen molar-refractivity contribution in [2.75, 3.05) is 12.3 Å². The lowest BCUT2D eigenvalue weighted by atomic mass is 10.0. The highest BCUT2D eigenvalue weighted by Crippen LogP contribution is 2.34. The van der Waals surface area contributed by atoms with Gasteiger partial charge < -0.3 is 16.0 Å². The number of hydrogen-bond donors (Lipinski definition) is 2. The largest absolute Gasteiger partial charge is 0.383 e. The molecule has 158 valence electrons. The van der Waals surface area contributed by atoms with Crippen LogP contribution >= 0.6 is 0 Å². The van der Waals surface area contributed by atoms with Crippen LogP contribution in [0.4, 0.5) is 5.82 Å². The molecule has 0 aliphatic carbocycles. The third-order valence-corrected chi connectivity index (χ3v) is 5.38. The maximum Gasteiger partial charge on any atom is 0.258 e. The van der Waals surface area contributed by atoms with Gasteiger partial charge in [-0.15, -0.1) is 0 Å². The fourth-order valence-electron chi connectivity index (χ4n) is 3.84. The first-order valence-corrected chi connectivity index (χ1v) is 10.2. The molecule has 4 rings (SSSR count). The van der Waals surface area contributed by atoms with Crippen LogP contribution < -0.4 is 11.1 Å². The van der Waals surface area contributed by atoms with E-state index in [1.807, 2.05) is 30.3 Å². The number of nitrogens with two attached hydrogens (primary N) is 1. The van der Waals surface area contributed by atoms with Gasteiger partial charge in [-0.3, -0.25) is 9.59 Å². The van der Waals surface area contributed by atoms with Crippen molar-refractivity contribution in [2.24, 2.45) is 0 Å². The molecule has 2 aromatic heterocycles. The lowest BCUT2D eigenvalue weighted by Gasteiger charge is -2.26. The van der Waals surface area contributed by atoms with Gasteiger partial charge in [-0.05, 0) is 37.5 Å². The van der Waals surface area contributed by atoms with Gasteiger partial charge in [0.15, 0.2) is 0 Å². The van der Waals surface area contributed by atoms with E-state index in [-0.39, 0.29) is 23.7 Å². The summed E-state index contributed by atoms with van der Waals surface area (Å²) in [4.78, 5) is 40.7. The number of aromatic nitrogens is 3. The van der Waals surface area contributed by atoms with E-state index in [0.29, 0.717) is 42.2 Å². The summed E-state index contributed by atoms with van der Waals surface area (Å²) in [6.07, 6.45) is 4.61. The second-order valence-corrected chi connectivity index (χ2v) is 7.48.